The third-order valence-electron chi connectivity index (χ3n) is 3.91. The zero-order chi connectivity index (χ0) is 16.0. The average Bonchev–Trinajstić information content (AvgIpc) is 2.53. The van der Waals surface area contributed by atoms with Crippen LogP contribution in [0.1, 0.15) is 82.9 Å². The van der Waals surface area contributed by atoms with Crippen LogP contribution in [0.25, 0.3) is 0 Å². The van der Waals surface area contributed by atoms with E-state index < -0.39 is 0 Å². The first kappa shape index (κ1) is 22.5. The molecule has 0 atom stereocenters. The van der Waals surface area contributed by atoms with E-state index in [1.54, 1.807) is 18.2 Å². The Bertz CT molecular complexity index is 430. The minimum atomic E-state index is -0.311. The van der Waals surface area contributed by atoms with Gasteiger partial charge in [-0.05, 0) is 18.6 Å². The number of carbonyl (C=O) groups excluding carboxylic acids is 1. The van der Waals surface area contributed by atoms with Crippen molar-refractivity contribution in [1.29, 1.82) is 0 Å². The molecule has 0 aliphatic rings. The molecule has 4 heteroatoms. The molecule has 126 valence electrons. The Balaban J connectivity index is 0. The van der Waals surface area contributed by atoms with E-state index in [0.717, 1.165) is 12.8 Å². The van der Waals surface area contributed by atoms with Gasteiger partial charge in [0.2, 0.25) is 0 Å². The van der Waals surface area contributed by atoms with Gasteiger partial charge in [-0.1, -0.05) is 76.8 Å². The van der Waals surface area contributed by atoms with Crippen molar-refractivity contribution in [3.05, 3.63) is 29.8 Å². The van der Waals surface area contributed by atoms with E-state index in [9.17, 15) is 4.79 Å². The molecule has 1 aromatic carbocycles. The summed E-state index contributed by atoms with van der Waals surface area (Å²) in [6, 6.07) is 7.04. The molecule has 1 aromatic rings. The van der Waals surface area contributed by atoms with Crippen molar-refractivity contribution in [2.24, 2.45) is 0 Å². The molecule has 0 bridgehead atoms. The van der Waals surface area contributed by atoms with Gasteiger partial charge in [-0.3, -0.25) is 0 Å². The van der Waals surface area contributed by atoms with Crippen molar-refractivity contribution >= 4 is 11.7 Å². The summed E-state index contributed by atoms with van der Waals surface area (Å²) in [5.74, 6) is -0.311. The van der Waals surface area contributed by atoms with Crippen LogP contribution in [0.3, 0.4) is 0 Å². The van der Waals surface area contributed by atoms with E-state index in [0.29, 0.717) is 17.9 Å². The topological polar surface area (TPSA) is 52.3 Å². The van der Waals surface area contributed by atoms with Crippen molar-refractivity contribution in [3.63, 3.8) is 0 Å². The van der Waals surface area contributed by atoms with Crippen molar-refractivity contribution in [1.82, 2.24) is 0 Å². The van der Waals surface area contributed by atoms with Gasteiger partial charge in [-0.15, -0.1) is 0 Å². The van der Waals surface area contributed by atoms with Crippen molar-refractivity contribution < 1.29 is 40.5 Å². The Morgan fingerprint density at radius 2 is 1.48 bits per heavy atom. The fourth-order valence-corrected chi connectivity index (χ4v) is 2.52. The largest absolute Gasteiger partial charge is 1.00 e. The predicted molar refractivity (Wildman–Crippen MR) is 94.1 cm³/mol. The zero-order valence-corrected chi connectivity index (χ0v) is 17.0. The first-order valence-electron chi connectivity index (χ1n) is 8.77. The number of hydrogen-bond acceptors (Lipinski definition) is 3. The molecule has 0 amide bonds. The molecular weight excluding hydrogens is 297 g/mol. The van der Waals surface area contributed by atoms with E-state index in [1.165, 1.54) is 51.4 Å². The summed E-state index contributed by atoms with van der Waals surface area (Å²) < 4.78 is 5.26. The van der Waals surface area contributed by atoms with Gasteiger partial charge in [0, 0.05) is 5.69 Å². The molecule has 0 saturated heterocycles. The molecule has 0 radical (unpaired) electrons. The minimum absolute atomic E-state index is 0. The number of hydrogen-bond donors (Lipinski definition) is 1. The van der Waals surface area contributed by atoms with Crippen LogP contribution < -0.4 is 35.3 Å². The molecule has 2 N–H and O–H groups in total. The quantitative estimate of drug-likeness (QED) is 0.277. The van der Waals surface area contributed by atoms with Gasteiger partial charge in [-0.25, -0.2) is 4.79 Å². The summed E-state index contributed by atoms with van der Waals surface area (Å²) in [5.41, 5.74) is 6.70. The van der Waals surface area contributed by atoms with Crippen molar-refractivity contribution in [3.8, 4) is 0 Å². The second-order valence-corrected chi connectivity index (χ2v) is 5.91. The van der Waals surface area contributed by atoms with Gasteiger partial charge < -0.3 is 11.9 Å². The minimum Gasteiger partial charge on any atom is -1.00 e. The first-order chi connectivity index (χ1) is 10.8. The second kappa shape index (κ2) is 15.0. The summed E-state index contributed by atoms with van der Waals surface area (Å²) in [6.07, 6.45) is 12.8. The van der Waals surface area contributed by atoms with Gasteiger partial charge in [0.1, 0.15) is 0 Å². The SMILES string of the molecule is CCCCCCCCCCCCOC(=O)c1ccccc1N.[H-].[Na+]. The zero-order valence-electron chi connectivity index (χ0n) is 16.0. The van der Waals surface area contributed by atoms with E-state index in [2.05, 4.69) is 6.92 Å². The van der Waals surface area contributed by atoms with Crippen LogP contribution in [0, 0.1) is 0 Å². The van der Waals surface area contributed by atoms with E-state index in [4.69, 9.17) is 10.5 Å². The van der Waals surface area contributed by atoms with Crippen molar-refractivity contribution in [2.45, 2.75) is 71.1 Å². The monoisotopic (exact) mass is 329 g/mol. The van der Waals surface area contributed by atoms with Gasteiger partial charge in [-0.2, -0.15) is 0 Å². The number of unbranched alkanes of at least 4 members (excludes halogenated alkanes) is 9. The fourth-order valence-electron chi connectivity index (χ4n) is 2.52. The molecular formula is C19H32NNaO2. The van der Waals surface area contributed by atoms with Crippen LogP contribution >= 0.6 is 0 Å². The maximum absolute atomic E-state index is 11.8. The van der Waals surface area contributed by atoms with Gasteiger partial charge >= 0.3 is 35.5 Å². The van der Waals surface area contributed by atoms with Gasteiger partial charge in [0.25, 0.3) is 0 Å². The van der Waals surface area contributed by atoms with Crippen molar-refractivity contribution in [2.75, 3.05) is 12.3 Å². The molecule has 3 nitrogen and oxygen atoms in total. The summed E-state index contributed by atoms with van der Waals surface area (Å²) >= 11 is 0. The molecule has 0 unspecified atom stereocenters. The van der Waals surface area contributed by atoms with Crippen LogP contribution in [0.5, 0.6) is 0 Å². The van der Waals surface area contributed by atoms with Gasteiger partial charge in [0.05, 0.1) is 12.2 Å². The number of anilines is 1. The fraction of sp³-hybridized carbons (Fsp3) is 0.632. The Morgan fingerprint density at radius 3 is 2.04 bits per heavy atom. The summed E-state index contributed by atoms with van der Waals surface area (Å²) in [5, 5.41) is 0. The molecule has 0 aliphatic heterocycles. The predicted octanol–water partition coefficient (Wildman–Crippen LogP) is 2.46. The molecule has 0 heterocycles. The third-order valence-corrected chi connectivity index (χ3v) is 3.91. The molecule has 1 rings (SSSR count). The van der Waals surface area contributed by atoms with Crippen LogP contribution in [-0.4, -0.2) is 12.6 Å². The number of rotatable bonds is 12. The summed E-state index contributed by atoms with van der Waals surface area (Å²) in [6.45, 7) is 2.74. The number of nitrogen functional groups attached to an aromatic ring is 1. The molecule has 0 aliphatic carbocycles. The van der Waals surface area contributed by atoms with Crippen LogP contribution in [-0.2, 0) is 4.74 Å². The Labute approximate surface area is 165 Å². The number of ether oxygens (including phenoxy) is 1. The van der Waals surface area contributed by atoms with Crippen LogP contribution in [0.2, 0.25) is 0 Å². The number of carbonyl (C=O) groups is 1. The normalized spacial score (nSPS) is 10.1. The average molecular weight is 329 g/mol. The smallest absolute Gasteiger partial charge is 1.00 e. The Hall–Kier alpha value is -0.510. The molecule has 0 saturated carbocycles. The molecule has 0 aromatic heterocycles. The Kier molecular flexibility index (Phi) is 14.7. The maximum atomic E-state index is 11.8. The van der Waals surface area contributed by atoms with E-state index >= 15 is 0 Å². The number of nitrogens with two attached hydrogens (primary N) is 1. The van der Waals surface area contributed by atoms with E-state index in [-0.39, 0.29) is 37.0 Å². The second-order valence-electron chi connectivity index (χ2n) is 5.91. The first-order valence-corrected chi connectivity index (χ1v) is 8.77. The third kappa shape index (κ3) is 10.8. The summed E-state index contributed by atoms with van der Waals surface area (Å²) in [7, 11) is 0. The number of benzene rings is 1. The molecule has 0 fully saturated rings. The van der Waals surface area contributed by atoms with Gasteiger partial charge in [0.15, 0.2) is 0 Å². The molecule has 0 spiro atoms. The molecule has 23 heavy (non-hydrogen) atoms. The van der Waals surface area contributed by atoms with Crippen LogP contribution in [0.15, 0.2) is 24.3 Å². The Morgan fingerprint density at radius 1 is 0.957 bits per heavy atom. The van der Waals surface area contributed by atoms with Crippen LogP contribution in [0.4, 0.5) is 5.69 Å². The number of esters is 1. The van der Waals surface area contributed by atoms with E-state index in [1.807, 2.05) is 6.07 Å². The maximum Gasteiger partial charge on any atom is 1.00 e. The standard InChI is InChI=1S/C19H31NO2.Na.H/c1-2-3-4-5-6-7-8-9-10-13-16-22-19(21)17-14-11-12-15-18(17)20;;/h11-12,14-15H,2-10,13,16,20H2,1H3;;/q;+1;-1. The summed E-state index contributed by atoms with van der Waals surface area (Å²) in [4.78, 5) is 11.8. The number of para-hydroxylation sites is 1.